The summed E-state index contributed by atoms with van der Waals surface area (Å²) in [6, 6.07) is 0. The summed E-state index contributed by atoms with van der Waals surface area (Å²) in [5.41, 5.74) is 0.591. The number of nitrogens with zero attached hydrogens (tertiary/aromatic N) is 1. The van der Waals surface area contributed by atoms with Gasteiger partial charge in [0.1, 0.15) is 12.0 Å². The minimum atomic E-state index is -0.474. The Labute approximate surface area is 94.5 Å². The van der Waals surface area contributed by atoms with Crippen LogP contribution < -0.4 is 0 Å². The molecule has 0 aromatic carbocycles. The summed E-state index contributed by atoms with van der Waals surface area (Å²) in [6.07, 6.45) is -0.353. The molecule has 0 amide bonds. The van der Waals surface area contributed by atoms with Crippen molar-refractivity contribution in [1.29, 1.82) is 0 Å². The number of rotatable bonds is 5. The third-order valence-corrected chi connectivity index (χ3v) is 2.52. The zero-order valence-electron chi connectivity index (χ0n) is 9.93. The zero-order valence-corrected chi connectivity index (χ0v) is 9.93. The molecule has 0 spiro atoms. The largest absolute Gasteiger partial charge is 0.468 e. The van der Waals surface area contributed by atoms with Crippen molar-refractivity contribution >= 4 is 11.7 Å². The number of oxime groups is 1. The summed E-state index contributed by atoms with van der Waals surface area (Å²) < 4.78 is 14.8. The molecule has 1 rings (SSSR count). The highest BCUT2D eigenvalue weighted by molar-refractivity contribution is 6.03. The monoisotopic (exact) mass is 231 g/mol. The first-order valence-electron chi connectivity index (χ1n) is 5.00. The molecule has 0 N–H and O–H groups in total. The first-order chi connectivity index (χ1) is 7.63. The van der Waals surface area contributed by atoms with E-state index in [0.29, 0.717) is 12.1 Å². The Morgan fingerprint density at radius 2 is 2.06 bits per heavy atom. The average Bonchev–Trinajstić information content (AvgIpc) is 2.66. The van der Waals surface area contributed by atoms with Crippen molar-refractivity contribution in [1.82, 2.24) is 0 Å². The van der Waals surface area contributed by atoms with E-state index in [2.05, 4.69) is 5.16 Å². The number of methoxy groups -OCH3 is 3. The van der Waals surface area contributed by atoms with Crippen molar-refractivity contribution in [2.45, 2.75) is 25.7 Å². The van der Waals surface area contributed by atoms with Crippen LogP contribution in [0.3, 0.4) is 0 Å². The van der Waals surface area contributed by atoms with Crippen LogP contribution in [0.4, 0.5) is 0 Å². The van der Waals surface area contributed by atoms with Gasteiger partial charge in [0.2, 0.25) is 0 Å². The van der Waals surface area contributed by atoms with Crippen LogP contribution in [0.5, 0.6) is 0 Å². The quantitative estimate of drug-likeness (QED) is 0.511. The Kier molecular flexibility index (Phi) is 4.70. The van der Waals surface area contributed by atoms with E-state index in [-0.39, 0.29) is 12.1 Å². The predicted octanol–water partition coefficient (Wildman–Crippen LogP) is 0.559. The topological polar surface area (TPSA) is 66.4 Å². The fraction of sp³-hybridized carbons (Fsp3) is 0.800. The van der Waals surface area contributed by atoms with Gasteiger partial charge >= 0.3 is 5.97 Å². The minimum absolute atomic E-state index is 0.309. The summed E-state index contributed by atoms with van der Waals surface area (Å²) in [5.74, 6) is -0.826. The van der Waals surface area contributed by atoms with Crippen LogP contribution in [0.1, 0.15) is 13.3 Å². The SMILES string of the molecule is COC(=O)[C@H]1C(CC(OC)OC)=NO[C@@H]1C. The maximum atomic E-state index is 11.5. The van der Waals surface area contributed by atoms with Gasteiger partial charge in [-0.1, -0.05) is 5.16 Å². The van der Waals surface area contributed by atoms with E-state index in [1.807, 2.05) is 0 Å². The smallest absolute Gasteiger partial charge is 0.318 e. The van der Waals surface area contributed by atoms with E-state index in [1.165, 1.54) is 21.3 Å². The van der Waals surface area contributed by atoms with Crippen molar-refractivity contribution in [2.75, 3.05) is 21.3 Å². The maximum Gasteiger partial charge on any atom is 0.318 e. The minimum Gasteiger partial charge on any atom is -0.468 e. The average molecular weight is 231 g/mol. The molecule has 1 heterocycles. The molecule has 6 heteroatoms. The van der Waals surface area contributed by atoms with Gasteiger partial charge in [-0.15, -0.1) is 0 Å². The third kappa shape index (κ3) is 2.70. The standard InChI is InChI=1S/C10H17NO5/c1-6-9(10(12)15-4)7(11-16-6)5-8(13-2)14-3/h6,8-9H,5H2,1-4H3/t6-,9-/m1/s1. The molecule has 0 saturated heterocycles. The van der Waals surface area contributed by atoms with Gasteiger partial charge < -0.3 is 19.0 Å². The molecule has 0 bridgehead atoms. The van der Waals surface area contributed by atoms with E-state index in [0.717, 1.165) is 0 Å². The first-order valence-corrected chi connectivity index (χ1v) is 5.00. The number of hydrogen-bond donors (Lipinski definition) is 0. The van der Waals surface area contributed by atoms with E-state index < -0.39 is 12.2 Å². The molecular weight excluding hydrogens is 214 g/mol. The second-order valence-electron chi connectivity index (χ2n) is 3.50. The second-order valence-corrected chi connectivity index (χ2v) is 3.50. The van der Waals surface area contributed by atoms with Gasteiger partial charge in [0, 0.05) is 20.6 Å². The molecule has 6 nitrogen and oxygen atoms in total. The molecule has 0 aliphatic carbocycles. The lowest BCUT2D eigenvalue weighted by molar-refractivity contribution is -0.145. The Bertz CT molecular complexity index is 274. The van der Waals surface area contributed by atoms with Crippen LogP contribution >= 0.6 is 0 Å². The van der Waals surface area contributed by atoms with Crippen molar-refractivity contribution in [3.63, 3.8) is 0 Å². The summed E-state index contributed by atoms with van der Waals surface area (Å²) in [6.45, 7) is 1.77. The van der Waals surface area contributed by atoms with Crippen LogP contribution in [0.25, 0.3) is 0 Å². The van der Waals surface area contributed by atoms with Crippen LogP contribution in [-0.4, -0.2) is 45.4 Å². The molecule has 0 fully saturated rings. The molecule has 1 aliphatic heterocycles. The van der Waals surface area contributed by atoms with Crippen LogP contribution in [0, 0.1) is 5.92 Å². The van der Waals surface area contributed by atoms with Gasteiger partial charge in [-0.25, -0.2) is 0 Å². The van der Waals surface area contributed by atoms with Crippen LogP contribution in [0.15, 0.2) is 5.16 Å². The highest BCUT2D eigenvalue weighted by atomic mass is 16.7. The summed E-state index contributed by atoms with van der Waals surface area (Å²) in [4.78, 5) is 16.6. The molecule has 0 radical (unpaired) electrons. The van der Waals surface area contributed by atoms with E-state index >= 15 is 0 Å². The molecule has 16 heavy (non-hydrogen) atoms. The van der Waals surface area contributed by atoms with Gasteiger partial charge in [0.25, 0.3) is 0 Å². The Morgan fingerprint density at radius 1 is 1.44 bits per heavy atom. The van der Waals surface area contributed by atoms with Crippen molar-refractivity contribution in [3.05, 3.63) is 0 Å². The second kappa shape index (κ2) is 5.81. The Balaban J connectivity index is 2.68. The molecule has 0 aromatic heterocycles. The highest BCUT2D eigenvalue weighted by Crippen LogP contribution is 2.23. The summed E-state index contributed by atoms with van der Waals surface area (Å²) in [5, 5.41) is 3.86. The lowest BCUT2D eigenvalue weighted by Gasteiger charge is -2.16. The van der Waals surface area contributed by atoms with E-state index in [1.54, 1.807) is 6.92 Å². The third-order valence-electron chi connectivity index (χ3n) is 2.52. The fourth-order valence-electron chi connectivity index (χ4n) is 1.59. The van der Waals surface area contributed by atoms with E-state index in [9.17, 15) is 4.79 Å². The molecule has 0 saturated carbocycles. The predicted molar refractivity (Wildman–Crippen MR) is 55.9 cm³/mol. The highest BCUT2D eigenvalue weighted by Gasteiger charge is 2.38. The maximum absolute atomic E-state index is 11.5. The number of esters is 1. The number of carbonyl (C=O) groups is 1. The number of carbonyl (C=O) groups excluding carboxylic acids is 1. The van der Waals surface area contributed by atoms with Crippen molar-refractivity contribution in [2.24, 2.45) is 11.1 Å². The normalized spacial score (nSPS) is 24.2. The lowest BCUT2D eigenvalue weighted by Crippen LogP contribution is -2.33. The van der Waals surface area contributed by atoms with Gasteiger partial charge in [-0.3, -0.25) is 4.79 Å². The summed E-state index contributed by atoms with van der Waals surface area (Å²) in [7, 11) is 4.40. The van der Waals surface area contributed by atoms with Crippen LogP contribution in [-0.2, 0) is 23.8 Å². The van der Waals surface area contributed by atoms with Crippen molar-refractivity contribution < 1.29 is 23.8 Å². The zero-order chi connectivity index (χ0) is 12.1. The molecule has 92 valence electrons. The van der Waals surface area contributed by atoms with Crippen molar-refractivity contribution in [3.8, 4) is 0 Å². The molecular formula is C10H17NO5. The van der Waals surface area contributed by atoms with Gasteiger partial charge in [0.05, 0.1) is 12.8 Å². The molecule has 0 unspecified atom stereocenters. The molecule has 2 atom stereocenters. The van der Waals surface area contributed by atoms with Gasteiger partial charge in [-0.05, 0) is 6.92 Å². The Hall–Kier alpha value is -1.14. The van der Waals surface area contributed by atoms with Gasteiger partial charge in [0.15, 0.2) is 6.29 Å². The first kappa shape index (κ1) is 12.9. The Morgan fingerprint density at radius 3 is 2.56 bits per heavy atom. The lowest BCUT2D eigenvalue weighted by atomic mass is 9.96. The van der Waals surface area contributed by atoms with E-state index in [4.69, 9.17) is 19.0 Å². The fourth-order valence-corrected chi connectivity index (χ4v) is 1.59. The molecule has 0 aromatic rings. The summed E-state index contributed by atoms with van der Waals surface area (Å²) >= 11 is 0. The van der Waals surface area contributed by atoms with Crippen LogP contribution in [0.2, 0.25) is 0 Å². The number of hydrogen-bond acceptors (Lipinski definition) is 6. The van der Waals surface area contributed by atoms with Gasteiger partial charge in [-0.2, -0.15) is 0 Å². The molecule has 1 aliphatic rings. The number of ether oxygens (including phenoxy) is 3.